The van der Waals surface area contributed by atoms with E-state index in [0.717, 1.165) is 11.3 Å². The highest BCUT2D eigenvalue weighted by Gasteiger charge is 1.97. The van der Waals surface area contributed by atoms with Gasteiger partial charge in [-0.1, -0.05) is 28.4 Å². The highest BCUT2D eigenvalue weighted by Crippen LogP contribution is 2.09. The van der Waals surface area contributed by atoms with E-state index in [2.05, 4.69) is 15.1 Å². The van der Waals surface area contributed by atoms with Gasteiger partial charge < -0.3 is 5.21 Å². The summed E-state index contributed by atoms with van der Waals surface area (Å²) < 4.78 is 0. The highest BCUT2D eigenvalue weighted by atomic mass is 35.5. The zero-order chi connectivity index (χ0) is 15.8. The number of oxime groups is 1. The summed E-state index contributed by atoms with van der Waals surface area (Å²) >= 11 is 11.2. The Morgan fingerprint density at radius 2 is 1.67 bits per heavy atom. The largest absolute Gasteiger partial charge is 0.411 e. The summed E-state index contributed by atoms with van der Waals surface area (Å²) in [5.41, 5.74) is 2.76. The predicted octanol–water partition coefficient (Wildman–Crippen LogP) is 3.77. The smallest absolute Gasteiger partial charge is 0.129 e. The number of aromatic nitrogens is 2. The van der Waals surface area contributed by atoms with Gasteiger partial charge in [0.15, 0.2) is 0 Å². The van der Waals surface area contributed by atoms with Crippen LogP contribution < -0.4 is 0 Å². The van der Waals surface area contributed by atoms with Crippen LogP contribution in [-0.4, -0.2) is 21.4 Å². The standard InChI is InChI=1S/C7H7ClN2O.C7H5ClN2/c1-5-6(4-9-11)2-3-7(8)10-5;1-5-6(4-9)2-3-7(8)10-5/h2-4,11H,1H3;2-3H,1H3. The summed E-state index contributed by atoms with van der Waals surface area (Å²) in [6, 6.07) is 8.65. The molecule has 2 aromatic heterocycles. The van der Waals surface area contributed by atoms with Crippen LogP contribution in [0.25, 0.3) is 0 Å². The molecule has 0 saturated heterocycles. The lowest BCUT2D eigenvalue weighted by Gasteiger charge is -1.96. The Morgan fingerprint density at radius 3 is 2.14 bits per heavy atom. The molecule has 5 nitrogen and oxygen atoms in total. The van der Waals surface area contributed by atoms with Gasteiger partial charge in [-0.2, -0.15) is 5.26 Å². The van der Waals surface area contributed by atoms with Crippen LogP contribution in [0.1, 0.15) is 22.5 Å². The summed E-state index contributed by atoms with van der Waals surface area (Å²) in [5.74, 6) is 0. The first kappa shape index (κ1) is 16.9. The molecule has 0 fully saturated rings. The van der Waals surface area contributed by atoms with Crippen LogP contribution in [-0.2, 0) is 0 Å². The second-order valence-electron chi connectivity index (χ2n) is 3.93. The predicted molar refractivity (Wildman–Crippen MR) is 82.1 cm³/mol. The molecule has 108 valence electrons. The molecule has 7 heteroatoms. The summed E-state index contributed by atoms with van der Waals surface area (Å²) in [4.78, 5) is 7.84. The Bertz CT molecular complexity index is 696. The van der Waals surface area contributed by atoms with Crippen molar-refractivity contribution in [2.24, 2.45) is 5.16 Å². The summed E-state index contributed by atoms with van der Waals surface area (Å²) in [5, 5.41) is 20.5. The minimum absolute atomic E-state index is 0.427. The molecule has 0 atom stereocenters. The average molecular weight is 323 g/mol. The molecule has 0 aliphatic carbocycles. The molecule has 0 amide bonds. The number of nitrogens with zero attached hydrogens (tertiary/aromatic N) is 4. The Labute approximate surface area is 132 Å². The van der Waals surface area contributed by atoms with E-state index in [1.807, 2.05) is 6.07 Å². The first-order valence-corrected chi connectivity index (χ1v) is 6.57. The topological polar surface area (TPSA) is 82.2 Å². The van der Waals surface area contributed by atoms with Crippen LogP contribution in [0.15, 0.2) is 29.4 Å². The zero-order valence-corrected chi connectivity index (χ0v) is 12.9. The third-order valence-corrected chi connectivity index (χ3v) is 2.88. The first-order chi connectivity index (χ1) is 9.97. The quantitative estimate of drug-likeness (QED) is 0.375. The second-order valence-corrected chi connectivity index (χ2v) is 4.71. The second kappa shape index (κ2) is 8.20. The first-order valence-electron chi connectivity index (χ1n) is 5.81. The molecule has 2 heterocycles. The zero-order valence-electron chi connectivity index (χ0n) is 11.4. The van der Waals surface area contributed by atoms with Crippen molar-refractivity contribution in [1.29, 1.82) is 5.26 Å². The molecule has 1 N–H and O–H groups in total. The number of pyridine rings is 2. The van der Waals surface area contributed by atoms with E-state index in [1.54, 1.807) is 38.1 Å². The molecule has 0 aliphatic rings. The van der Waals surface area contributed by atoms with E-state index in [4.69, 9.17) is 33.7 Å². The van der Waals surface area contributed by atoms with E-state index in [0.29, 0.717) is 21.6 Å². The van der Waals surface area contributed by atoms with Gasteiger partial charge in [0.2, 0.25) is 0 Å². The summed E-state index contributed by atoms with van der Waals surface area (Å²) in [6.07, 6.45) is 1.32. The molecule has 2 aromatic rings. The van der Waals surface area contributed by atoms with Gasteiger partial charge in [0.1, 0.15) is 16.4 Å². The Hall–Kier alpha value is -2.16. The van der Waals surface area contributed by atoms with Crippen LogP contribution in [0.3, 0.4) is 0 Å². The SMILES string of the molecule is Cc1nc(Cl)ccc1C#N.Cc1nc(Cl)ccc1C=NO. The van der Waals surface area contributed by atoms with Crippen molar-refractivity contribution in [2.45, 2.75) is 13.8 Å². The van der Waals surface area contributed by atoms with Crippen molar-refractivity contribution in [1.82, 2.24) is 9.97 Å². The van der Waals surface area contributed by atoms with Crippen LogP contribution in [0.5, 0.6) is 0 Å². The fraction of sp³-hybridized carbons (Fsp3) is 0.143. The molecular formula is C14H12Cl2N4O. The van der Waals surface area contributed by atoms with Gasteiger partial charge in [0.25, 0.3) is 0 Å². The third-order valence-electron chi connectivity index (χ3n) is 2.46. The van der Waals surface area contributed by atoms with E-state index >= 15 is 0 Å². The number of halogens is 2. The number of nitriles is 1. The van der Waals surface area contributed by atoms with Gasteiger partial charge in [-0.25, -0.2) is 9.97 Å². The maximum Gasteiger partial charge on any atom is 0.129 e. The molecule has 0 bridgehead atoms. The number of aryl methyl sites for hydroxylation is 2. The third kappa shape index (κ3) is 5.38. The molecular weight excluding hydrogens is 311 g/mol. The lowest BCUT2D eigenvalue weighted by atomic mass is 10.2. The molecule has 0 spiro atoms. The number of hydrogen-bond acceptors (Lipinski definition) is 5. The average Bonchev–Trinajstić information content (AvgIpc) is 2.43. The maximum absolute atomic E-state index is 8.48. The van der Waals surface area contributed by atoms with Crippen molar-refractivity contribution >= 4 is 29.4 Å². The van der Waals surface area contributed by atoms with Gasteiger partial charge in [-0.05, 0) is 38.1 Å². The van der Waals surface area contributed by atoms with Crippen LogP contribution in [0.4, 0.5) is 0 Å². The number of rotatable bonds is 1. The van der Waals surface area contributed by atoms with E-state index in [1.165, 1.54) is 6.21 Å². The lowest BCUT2D eigenvalue weighted by molar-refractivity contribution is 0.322. The van der Waals surface area contributed by atoms with E-state index < -0.39 is 0 Å². The Kier molecular flexibility index (Phi) is 6.60. The van der Waals surface area contributed by atoms with Gasteiger partial charge >= 0.3 is 0 Å². The maximum atomic E-state index is 8.48. The van der Waals surface area contributed by atoms with Crippen LogP contribution in [0.2, 0.25) is 10.3 Å². The van der Waals surface area contributed by atoms with Crippen LogP contribution >= 0.6 is 23.2 Å². The molecule has 0 saturated carbocycles. The van der Waals surface area contributed by atoms with E-state index in [-0.39, 0.29) is 0 Å². The van der Waals surface area contributed by atoms with Gasteiger partial charge in [0.05, 0.1) is 17.5 Å². The number of hydrogen-bond donors (Lipinski definition) is 1. The summed E-state index contributed by atoms with van der Waals surface area (Å²) in [7, 11) is 0. The van der Waals surface area contributed by atoms with Crippen molar-refractivity contribution in [2.75, 3.05) is 0 Å². The van der Waals surface area contributed by atoms with Crippen molar-refractivity contribution in [3.8, 4) is 6.07 Å². The Morgan fingerprint density at radius 1 is 1.10 bits per heavy atom. The molecule has 2 rings (SSSR count). The van der Waals surface area contributed by atoms with Crippen molar-refractivity contribution in [3.63, 3.8) is 0 Å². The minimum Gasteiger partial charge on any atom is -0.411 e. The van der Waals surface area contributed by atoms with E-state index in [9.17, 15) is 0 Å². The van der Waals surface area contributed by atoms with Crippen molar-refractivity contribution in [3.05, 3.63) is 57.1 Å². The van der Waals surface area contributed by atoms with Gasteiger partial charge in [0, 0.05) is 11.3 Å². The molecule has 21 heavy (non-hydrogen) atoms. The molecule has 0 radical (unpaired) electrons. The van der Waals surface area contributed by atoms with Crippen molar-refractivity contribution < 1.29 is 5.21 Å². The van der Waals surface area contributed by atoms with Gasteiger partial charge in [-0.3, -0.25) is 0 Å². The fourth-order valence-electron chi connectivity index (χ4n) is 1.39. The minimum atomic E-state index is 0.427. The Balaban J connectivity index is 0.000000211. The molecule has 0 aliphatic heterocycles. The lowest BCUT2D eigenvalue weighted by Crippen LogP contribution is -1.90. The molecule has 0 aromatic carbocycles. The summed E-state index contributed by atoms with van der Waals surface area (Å²) in [6.45, 7) is 3.55. The normalized spacial score (nSPS) is 9.86. The van der Waals surface area contributed by atoms with Crippen LogP contribution in [0, 0.1) is 25.2 Å². The molecule has 0 unspecified atom stereocenters. The highest BCUT2D eigenvalue weighted by molar-refractivity contribution is 6.29. The van der Waals surface area contributed by atoms with Gasteiger partial charge in [-0.15, -0.1) is 0 Å². The monoisotopic (exact) mass is 322 g/mol. The fourth-order valence-corrected chi connectivity index (χ4v) is 1.77.